The third kappa shape index (κ3) is 2.53. The maximum Gasteiger partial charge on any atom is 0.240 e. The molecule has 0 aliphatic rings. The molecule has 1 atom stereocenters. The Hall–Kier alpha value is -2.12. The highest BCUT2D eigenvalue weighted by Crippen LogP contribution is 2.38. The molecule has 0 saturated heterocycles. The molecule has 22 heavy (non-hydrogen) atoms. The van der Waals surface area contributed by atoms with E-state index in [2.05, 4.69) is 21.2 Å². The summed E-state index contributed by atoms with van der Waals surface area (Å²) in [5.74, 6) is 1.64. The number of nitrogens with zero attached hydrogens (tertiary/aromatic N) is 3. The van der Waals surface area contributed by atoms with E-state index in [0.29, 0.717) is 17.5 Å². The average molecular weight is 329 g/mol. The van der Waals surface area contributed by atoms with E-state index in [1.165, 1.54) is 4.70 Å². The van der Waals surface area contributed by atoms with Gasteiger partial charge in [-0.1, -0.05) is 29.1 Å². The molecular formula is C15H11N3O2S2. The number of thiazole rings is 1. The van der Waals surface area contributed by atoms with Crippen molar-refractivity contribution in [2.24, 2.45) is 0 Å². The summed E-state index contributed by atoms with van der Waals surface area (Å²) in [6.07, 6.45) is 1.59. The van der Waals surface area contributed by atoms with Gasteiger partial charge in [-0.15, -0.1) is 11.3 Å². The average Bonchev–Trinajstić information content (AvgIpc) is 3.26. The molecule has 0 aliphatic heterocycles. The Morgan fingerprint density at radius 2 is 2.05 bits per heavy atom. The van der Waals surface area contributed by atoms with Gasteiger partial charge in [0.1, 0.15) is 0 Å². The minimum atomic E-state index is 0.0248. The van der Waals surface area contributed by atoms with Crippen molar-refractivity contribution in [1.29, 1.82) is 0 Å². The maximum absolute atomic E-state index is 5.33. The second-order valence-corrected chi connectivity index (χ2v) is 7.26. The van der Waals surface area contributed by atoms with Gasteiger partial charge in [-0.3, -0.25) is 0 Å². The number of rotatable bonds is 4. The monoisotopic (exact) mass is 329 g/mol. The van der Waals surface area contributed by atoms with E-state index >= 15 is 0 Å². The molecule has 0 N–H and O–H groups in total. The molecule has 0 aliphatic carbocycles. The van der Waals surface area contributed by atoms with Gasteiger partial charge < -0.3 is 8.94 Å². The van der Waals surface area contributed by atoms with Crippen LogP contribution in [0.1, 0.15) is 18.1 Å². The van der Waals surface area contributed by atoms with Crippen molar-refractivity contribution in [3.05, 3.63) is 48.6 Å². The first-order chi connectivity index (χ1) is 10.8. The Balaban J connectivity index is 1.55. The molecule has 0 unspecified atom stereocenters. The Morgan fingerprint density at radius 3 is 2.86 bits per heavy atom. The number of fused-ring (bicyclic) bond motifs is 1. The molecule has 110 valence electrons. The van der Waals surface area contributed by atoms with Crippen molar-refractivity contribution >= 4 is 33.3 Å². The highest BCUT2D eigenvalue weighted by atomic mass is 32.2. The second kappa shape index (κ2) is 5.58. The van der Waals surface area contributed by atoms with E-state index in [-0.39, 0.29) is 5.25 Å². The van der Waals surface area contributed by atoms with Gasteiger partial charge in [-0.05, 0) is 31.2 Å². The Morgan fingerprint density at radius 1 is 1.14 bits per heavy atom. The first kappa shape index (κ1) is 13.5. The largest absolute Gasteiger partial charge is 0.461 e. The van der Waals surface area contributed by atoms with Crippen molar-refractivity contribution in [2.75, 3.05) is 0 Å². The van der Waals surface area contributed by atoms with Crippen LogP contribution in [0.3, 0.4) is 0 Å². The molecular weight excluding hydrogens is 318 g/mol. The molecule has 4 rings (SSSR count). The number of benzene rings is 1. The summed E-state index contributed by atoms with van der Waals surface area (Å²) in [6.45, 7) is 2.02. The first-order valence-corrected chi connectivity index (χ1v) is 8.39. The van der Waals surface area contributed by atoms with Gasteiger partial charge in [0.2, 0.25) is 11.7 Å². The second-order valence-electron chi connectivity index (χ2n) is 4.64. The van der Waals surface area contributed by atoms with Crippen LogP contribution in [0.15, 0.2) is 55.9 Å². The molecule has 5 nitrogen and oxygen atoms in total. The molecule has 0 amide bonds. The fourth-order valence-corrected chi connectivity index (χ4v) is 4.25. The van der Waals surface area contributed by atoms with Crippen molar-refractivity contribution in [1.82, 2.24) is 15.1 Å². The Bertz CT molecular complexity index is 865. The maximum atomic E-state index is 5.33. The summed E-state index contributed by atoms with van der Waals surface area (Å²) in [7, 11) is 0. The lowest BCUT2D eigenvalue weighted by atomic mass is 10.3. The van der Waals surface area contributed by atoms with Crippen LogP contribution in [0, 0.1) is 0 Å². The molecule has 0 fully saturated rings. The lowest BCUT2D eigenvalue weighted by molar-refractivity contribution is 0.379. The lowest BCUT2D eigenvalue weighted by Crippen LogP contribution is -1.88. The molecule has 0 saturated carbocycles. The Labute approximate surface area is 134 Å². The zero-order valence-electron chi connectivity index (χ0n) is 11.6. The molecule has 1 aromatic carbocycles. The molecule has 3 heterocycles. The van der Waals surface area contributed by atoms with Crippen LogP contribution in [0.5, 0.6) is 0 Å². The molecule has 0 radical (unpaired) electrons. The van der Waals surface area contributed by atoms with E-state index < -0.39 is 0 Å². The van der Waals surface area contributed by atoms with E-state index in [9.17, 15) is 0 Å². The van der Waals surface area contributed by atoms with Crippen molar-refractivity contribution in [2.45, 2.75) is 16.5 Å². The number of hydrogen-bond acceptors (Lipinski definition) is 7. The van der Waals surface area contributed by atoms with Crippen molar-refractivity contribution in [3.8, 4) is 11.6 Å². The standard InChI is InChI=1S/C15H11N3O2S2/c1-9(14-17-13(18-20-14)11-6-4-8-19-11)21-15-16-10-5-2-3-7-12(10)22-15/h2-9H,1H3/t9-/m1/s1. The minimum absolute atomic E-state index is 0.0248. The number of aromatic nitrogens is 3. The number of hydrogen-bond donors (Lipinski definition) is 0. The smallest absolute Gasteiger partial charge is 0.240 e. The highest BCUT2D eigenvalue weighted by molar-refractivity contribution is 8.01. The predicted molar refractivity (Wildman–Crippen MR) is 85.9 cm³/mol. The summed E-state index contributed by atoms with van der Waals surface area (Å²) in [6, 6.07) is 11.7. The normalized spacial score (nSPS) is 12.8. The van der Waals surface area contributed by atoms with E-state index in [1.807, 2.05) is 25.1 Å². The lowest BCUT2D eigenvalue weighted by Gasteiger charge is -2.01. The van der Waals surface area contributed by atoms with Gasteiger partial charge in [-0.25, -0.2) is 4.98 Å². The topological polar surface area (TPSA) is 65.0 Å². The van der Waals surface area contributed by atoms with Crippen molar-refractivity contribution < 1.29 is 8.94 Å². The molecule has 0 bridgehead atoms. The number of furan rings is 1. The minimum Gasteiger partial charge on any atom is -0.461 e. The van der Waals surface area contributed by atoms with E-state index in [4.69, 9.17) is 8.94 Å². The van der Waals surface area contributed by atoms with E-state index in [0.717, 1.165) is 9.86 Å². The molecule has 3 aromatic heterocycles. The Kier molecular flexibility index (Phi) is 3.44. The summed E-state index contributed by atoms with van der Waals surface area (Å²) in [5.41, 5.74) is 1.02. The molecule has 7 heteroatoms. The number of para-hydroxylation sites is 1. The summed E-state index contributed by atoms with van der Waals surface area (Å²) in [4.78, 5) is 9.00. The quantitative estimate of drug-likeness (QED) is 0.501. The van der Waals surface area contributed by atoms with Crippen LogP contribution in [0.25, 0.3) is 21.8 Å². The predicted octanol–water partition coefficient (Wildman–Crippen LogP) is 4.79. The zero-order valence-corrected chi connectivity index (χ0v) is 13.2. The van der Waals surface area contributed by atoms with Gasteiger partial charge in [0.05, 0.1) is 21.7 Å². The first-order valence-electron chi connectivity index (χ1n) is 6.69. The van der Waals surface area contributed by atoms with Gasteiger partial charge in [-0.2, -0.15) is 4.98 Å². The van der Waals surface area contributed by atoms with Gasteiger partial charge >= 0.3 is 0 Å². The third-order valence-corrected chi connectivity index (χ3v) is 5.30. The fraction of sp³-hybridized carbons (Fsp3) is 0.133. The zero-order chi connectivity index (χ0) is 14.9. The summed E-state index contributed by atoms with van der Waals surface area (Å²) in [5, 5.41) is 3.98. The van der Waals surface area contributed by atoms with E-state index in [1.54, 1.807) is 41.5 Å². The number of thioether (sulfide) groups is 1. The molecule has 0 spiro atoms. The van der Waals surface area contributed by atoms with Crippen LogP contribution in [-0.2, 0) is 0 Å². The van der Waals surface area contributed by atoms with Crippen LogP contribution < -0.4 is 0 Å². The summed E-state index contributed by atoms with van der Waals surface area (Å²) >= 11 is 3.28. The van der Waals surface area contributed by atoms with Crippen LogP contribution in [0.4, 0.5) is 0 Å². The van der Waals surface area contributed by atoms with Gasteiger partial charge in [0, 0.05) is 0 Å². The molecule has 4 aromatic rings. The SMILES string of the molecule is C[C@@H](Sc1nc2ccccc2s1)c1nc(-c2ccco2)no1. The fourth-order valence-electron chi connectivity index (χ4n) is 2.01. The van der Waals surface area contributed by atoms with Crippen LogP contribution in [-0.4, -0.2) is 15.1 Å². The highest BCUT2D eigenvalue weighted by Gasteiger charge is 2.19. The summed E-state index contributed by atoms with van der Waals surface area (Å²) < 4.78 is 12.8. The van der Waals surface area contributed by atoms with Crippen LogP contribution >= 0.6 is 23.1 Å². The van der Waals surface area contributed by atoms with Gasteiger partial charge in [0.25, 0.3) is 0 Å². The third-order valence-electron chi connectivity index (χ3n) is 3.08. The van der Waals surface area contributed by atoms with Crippen molar-refractivity contribution in [3.63, 3.8) is 0 Å². The van der Waals surface area contributed by atoms with Crippen LogP contribution in [0.2, 0.25) is 0 Å². The van der Waals surface area contributed by atoms with Gasteiger partial charge in [0.15, 0.2) is 10.1 Å².